The molecule has 0 unspecified atom stereocenters. The first kappa shape index (κ1) is 16.9. The number of aromatic nitrogens is 4. The van der Waals surface area contributed by atoms with Crippen LogP contribution < -0.4 is 0 Å². The summed E-state index contributed by atoms with van der Waals surface area (Å²) >= 11 is 1.42. The standard InChI is InChI=1S/C16H21N5O2S/c1-20-12-18-19-16(20)24-11-15(22)21-7-3-5-14(9-21)23-10-13-4-2-6-17-8-13/h2,4,6,8,12,14H,3,5,7,9-11H2,1H3/t14-/m1/s1. The number of hydrogen-bond acceptors (Lipinski definition) is 6. The SMILES string of the molecule is Cn1cnnc1SCC(=O)N1CCC[C@@H](OCc2cccnc2)C1. The molecular weight excluding hydrogens is 326 g/mol. The molecule has 1 saturated heterocycles. The number of hydrogen-bond donors (Lipinski definition) is 0. The Morgan fingerprint density at radius 3 is 3.17 bits per heavy atom. The maximum atomic E-state index is 12.4. The van der Waals surface area contributed by atoms with Crippen LogP contribution in [0.4, 0.5) is 0 Å². The lowest BCUT2D eigenvalue weighted by molar-refractivity contribution is -0.132. The van der Waals surface area contributed by atoms with Gasteiger partial charge in [0.2, 0.25) is 5.91 Å². The van der Waals surface area contributed by atoms with Gasteiger partial charge >= 0.3 is 0 Å². The van der Waals surface area contributed by atoms with Crippen LogP contribution in [0.1, 0.15) is 18.4 Å². The van der Waals surface area contributed by atoms with Crippen molar-refractivity contribution in [2.75, 3.05) is 18.8 Å². The van der Waals surface area contributed by atoms with Crippen LogP contribution in [0.25, 0.3) is 0 Å². The minimum atomic E-state index is 0.0859. The van der Waals surface area contributed by atoms with Gasteiger partial charge in [-0.05, 0) is 24.5 Å². The summed E-state index contributed by atoms with van der Waals surface area (Å²) in [6, 6.07) is 3.90. The molecule has 7 nitrogen and oxygen atoms in total. The number of aryl methyl sites for hydroxylation is 1. The molecule has 3 rings (SSSR count). The third-order valence-electron chi connectivity index (χ3n) is 3.93. The predicted molar refractivity (Wildman–Crippen MR) is 90.4 cm³/mol. The van der Waals surface area contributed by atoms with E-state index in [4.69, 9.17) is 4.74 Å². The molecule has 1 atom stereocenters. The number of carbonyl (C=O) groups excluding carboxylic acids is 1. The van der Waals surface area contributed by atoms with E-state index in [1.807, 2.05) is 34.8 Å². The second-order valence-corrected chi connectivity index (χ2v) is 6.73. The average Bonchev–Trinajstić information content (AvgIpc) is 3.04. The number of ether oxygens (including phenoxy) is 1. The third kappa shape index (κ3) is 4.55. The highest BCUT2D eigenvalue weighted by atomic mass is 32.2. The van der Waals surface area contributed by atoms with Gasteiger partial charge in [0.25, 0.3) is 0 Å². The van der Waals surface area contributed by atoms with E-state index in [2.05, 4.69) is 15.2 Å². The lowest BCUT2D eigenvalue weighted by atomic mass is 10.1. The number of pyridine rings is 1. The average molecular weight is 347 g/mol. The number of likely N-dealkylation sites (tertiary alicyclic amines) is 1. The van der Waals surface area contributed by atoms with Gasteiger partial charge in [0.15, 0.2) is 5.16 Å². The largest absolute Gasteiger partial charge is 0.372 e. The molecule has 0 aromatic carbocycles. The van der Waals surface area contributed by atoms with Crippen LogP contribution in [0.5, 0.6) is 0 Å². The normalized spacial score (nSPS) is 17.9. The molecule has 2 aromatic rings. The highest BCUT2D eigenvalue weighted by Crippen LogP contribution is 2.18. The van der Waals surface area contributed by atoms with Crippen molar-refractivity contribution in [2.24, 2.45) is 7.05 Å². The quantitative estimate of drug-likeness (QED) is 0.738. The number of nitrogens with zero attached hydrogens (tertiary/aromatic N) is 5. The van der Waals surface area contributed by atoms with E-state index in [9.17, 15) is 4.79 Å². The smallest absolute Gasteiger partial charge is 0.233 e. The van der Waals surface area contributed by atoms with Gasteiger partial charge < -0.3 is 14.2 Å². The Hall–Kier alpha value is -1.93. The molecule has 3 heterocycles. The Labute approximate surface area is 145 Å². The third-order valence-corrected chi connectivity index (χ3v) is 4.95. The minimum absolute atomic E-state index is 0.0859. The molecular formula is C16H21N5O2S. The number of piperidine rings is 1. The predicted octanol–water partition coefficient (Wildman–Crippen LogP) is 1.51. The van der Waals surface area contributed by atoms with Crippen molar-refractivity contribution < 1.29 is 9.53 Å². The summed E-state index contributed by atoms with van der Waals surface area (Å²) in [5.41, 5.74) is 1.05. The Morgan fingerprint density at radius 2 is 2.42 bits per heavy atom. The zero-order chi connectivity index (χ0) is 16.8. The van der Waals surface area contributed by atoms with Crippen LogP contribution in [-0.2, 0) is 23.2 Å². The highest BCUT2D eigenvalue weighted by Gasteiger charge is 2.24. The molecule has 0 saturated carbocycles. The summed E-state index contributed by atoms with van der Waals surface area (Å²) in [6.07, 6.45) is 7.24. The summed E-state index contributed by atoms with van der Waals surface area (Å²) in [4.78, 5) is 18.4. The molecule has 8 heteroatoms. The van der Waals surface area contributed by atoms with Gasteiger partial charge in [-0.1, -0.05) is 17.8 Å². The first-order valence-corrected chi connectivity index (χ1v) is 8.96. The molecule has 0 N–H and O–H groups in total. The van der Waals surface area contributed by atoms with Gasteiger partial charge in [-0.25, -0.2) is 0 Å². The minimum Gasteiger partial charge on any atom is -0.372 e. The second kappa shape index (κ2) is 8.25. The van der Waals surface area contributed by atoms with Crippen molar-refractivity contribution in [1.29, 1.82) is 0 Å². The van der Waals surface area contributed by atoms with Gasteiger partial charge in [0.05, 0.1) is 18.5 Å². The maximum absolute atomic E-state index is 12.4. The molecule has 0 radical (unpaired) electrons. The number of thioether (sulfide) groups is 1. The molecule has 0 spiro atoms. The van der Waals surface area contributed by atoms with Crippen molar-refractivity contribution in [3.8, 4) is 0 Å². The fourth-order valence-corrected chi connectivity index (χ4v) is 3.41. The van der Waals surface area contributed by atoms with Crippen LogP contribution in [0, 0.1) is 0 Å². The lowest BCUT2D eigenvalue weighted by Crippen LogP contribution is -2.44. The summed E-state index contributed by atoms with van der Waals surface area (Å²) in [7, 11) is 1.87. The summed E-state index contributed by atoms with van der Waals surface area (Å²) in [5, 5.41) is 8.56. The Balaban J connectivity index is 1.46. The van der Waals surface area contributed by atoms with Gasteiger partial charge in [-0.2, -0.15) is 0 Å². The molecule has 2 aromatic heterocycles. The van der Waals surface area contributed by atoms with E-state index in [1.54, 1.807) is 12.5 Å². The highest BCUT2D eigenvalue weighted by molar-refractivity contribution is 7.99. The van der Waals surface area contributed by atoms with Gasteiger partial charge in [-0.15, -0.1) is 10.2 Å². The first-order valence-electron chi connectivity index (χ1n) is 7.97. The molecule has 1 fully saturated rings. The molecule has 0 bridgehead atoms. The summed E-state index contributed by atoms with van der Waals surface area (Å²) in [5.74, 6) is 0.500. The van der Waals surface area contributed by atoms with Crippen molar-refractivity contribution in [1.82, 2.24) is 24.6 Å². The zero-order valence-electron chi connectivity index (χ0n) is 13.7. The molecule has 1 amide bonds. The zero-order valence-corrected chi connectivity index (χ0v) is 14.5. The number of rotatable bonds is 6. The molecule has 1 aliphatic heterocycles. The lowest BCUT2D eigenvalue weighted by Gasteiger charge is -2.32. The van der Waals surface area contributed by atoms with Crippen LogP contribution in [0.15, 0.2) is 36.0 Å². The van der Waals surface area contributed by atoms with Crippen LogP contribution >= 0.6 is 11.8 Å². The van der Waals surface area contributed by atoms with E-state index in [1.165, 1.54) is 11.8 Å². The summed E-state index contributed by atoms with van der Waals surface area (Å²) < 4.78 is 7.77. The van der Waals surface area contributed by atoms with Crippen LogP contribution in [0.3, 0.4) is 0 Å². The van der Waals surface area contributed by atoms with Gasteiger partial charge in [0.1, 0.15) is 6.33 Å². The fraction of sp³-hybridized carbons (Fsp3) is 0.500. The fourth-order valence-electron chi connectivity index (χ4n) is 2.62. The monoisotopic (exact) mass is 347 g/mol. The van der Waals surface area contributed by atoms with E-state index in [0.29, 0.717) is 18.9 Å². The van der Waals surface area contributed by atoms with E-state index < -0.39 is 0 Å². The maximum Gasteiger partial charge on any atom is 0.233 e. The van der Waals surface area contributed by atoms with Crippen molar-refractivity contribution in [3.05, 3.63) is 36.4 Å². The van der Waals surface area contributed by atoms with E-state index in [0.717, 1.165) is 30.1 Å². The Morgan fingerprint density at radius 1 is 1.50 bits per heavy atom. The summed E-state index contributed by atoms with van der Waals surface area (Å²) in [6.45, 7) is 1.98. The Kier molecular flexibility index (Phi) is 5.81. The topological polar surface area (TPSA) is 73.1 Å². The first-order chi connectivity index (χ1) is 11.7. The van der Waals surface area contributed by atoms with Gasteiger partial charge in [0, 0.05) is 32.5 Å². The van der Waals surface area contributed by atoms with Crippen LogP contribution in [0.2, 0.25) is 0 Å². The molecule has 24 heavy (non-hydrogen) atoms. The Bertz CT molecular complexity index is 663. The van der Waals surface area contributed by atoms with Crippen molar-refractivity contribution >= 4 is 17.7 Å². The molecule has 0 aliphatic carbocycles. The molecule has 128 valence electrons. The van der Waals surface area contributed by atoms with Crippen molar-refractivity contribution in [2.45, 2.75) is 30.7 Å². The molecule has 1 aliphatic rings. The second-order valence-electron chi connectivity index (χ2n) is 5.79. The number of carbonyl (C=O) groups is 1. The van der Waals surface area contributed by atoms with E-state index in [-0.39, 0.29) is 12.0 Å². The number of amides is 1. The van der Waals surface area contributed by atoms with Crippen LogP contribution in [-0.4, -0.2) is 55.5 Å². The van der Waals surface area contributed by atoms with Gasteiger partial charge in [-0.3, -0.25) is 9.78 Å². The van der Waals surface area contributed by atoms with Crippen molar-refractivity contribution in [3.63, 3.8) is 0 Å². The van der Waals surface area contributed by atoms with E-state index >= 15 is 0 Å².